The van der Waals surface area contributed by atoms with Gasteiger partial charge in [-0.05, 0) is 59.9 Å². The number of fused-ring (bicyclic) bond motifs is 1. The van der Waals surface area contributed by atoms with E-state index in [2.05, 4.69) is 50.8 Å². The molecule has 3 heterocycles. The number of carbonyl (C=O) groups is 6. The van der Waals surface area contributed by atoms with E-state index in [9.17, 15) is 28.8 Å². The van der Waals surface area contributed by atoms with Gasteiger partial charge in [0.2, 0.25) is 29.5 Å². The van der Waals surface area contributed by atoms with Crippen LogP contribution < -0.4 is 32.1 Å². The second-order valence-corrected chi connectivity index (χ2v) is 10.5. The number of azide groups is 1. The molecule has 41 heavy (non-hydrogen) atoms. The number of rotatable bonds is 8. The molecule has 0 saturated carbocycles. The molecule has 224 valence electrons. The van der Waals surface area contributed by atoms with Gasteiger partial charge < -0.3 is 37.0 Å². The van der Waals surface area contributed by atoms with Gasteiger partial charge in [-0.3, -0.25) is 33.8 Å². The molecule has 0 aliphatic carbocycles. The van der Waals surface area contributed by atoms with Crippen molar-refractivity contribution in [1.29, 1.82) is 0 Å². The molecule has 18 heteroatoms. The number of guanidine groups is 1. The zero-order chi connectivity index (χ0) is 30.1. The summed E-state index contributed by atoms with van der Waals surface area (Å²) in [4.78, 5) is 86.3. The highest BCUT2D eigenvalue weighted by molar-refractivity contribution is 7.15. The molecule has 0 spiro atoms. The summed E-state index contributed by atoms with van der Waals surface area (Å²) < 4.78 is 0. The Labute approximate surface area is 238 Å². The van der Waals surface area contributed by atoms with Gasteiger partial charge >= 0.3 is 0 Å². The SMILES string of the molecule is CC(=O)C[C@@H]1NC(=O)CNC(=O)[C@H](CCCN=C(N)NP)NC(=O)[C@@H]2CC[C@H]3C[C@@H](CN=[N+]=[N-])[C@@H](NC1=O)C(=O)N32. The normalized spacial score (nSPS) is 29.2. The average Bonchev–Trinajstić information content (AvgIpc) is 3.36. The number of carbonyl (C=O) groups excluding carboxylic acids is 6. The van der Waals surface area contributed by atoms with Crippen LogP contribution in [-0.4, -0.2) is 96.0 Å². The first kappa shape index (κ1) is 31.6. The van der Waals surface area contributed by atoms with E-state index in [1.807, 2.05) is 0 Å². The topological polar surface area (TPSA) is 253 Å². The fraction of sp³-hybridized carbons (Fsp3) is 0.696. The zero-order valence-electron chi connectivity index (χ0n) is 22.7. The molecule has 3 fully saturated rings. The fourth-order valence-electron chi connectivity index (χ4n) is 5.42. The molecule has 7 atom stereocenters. The molecule has 1 unspecified atom stereocenters. The smallest absolute Gasteiger partial charge is 0.246 e. The lowest BCUT2D eigenvalue weighted by molar-refractivity contribution is -0.149. The number of nitrogens with one attached hydrogen (secondary N) is 5. The molecule has 3 rings (SSSR count). The number of amides is 5. The van der Waals surface area contributed by atoms with E-state index >= 15 is 0 Å². The van der Waals surface area contributed by atoms with Crippen LogP contribution in [0.5, 0.6) is 0 Å². The number of Topliss-reactive ketones (excluding diaryl/α,β-unsaturated/α-hetero) is 1. The largest absolute Gasteiger partial charge is 0.370 e. The van der Waals surface area contributed by atoms with E-state index in [4.69, 9.17) is 11.3 Å². The van der Waals surface area contributed by atoms with E-state index in [1.165, 1.54) is 11.8 Å². The van der Waals surface area contributed by atoms with Crippen LogP contribution in [0.3, 0.4) is 0 Å². The minimum absolute atomic E-state index is 0.0716. The Hall–Kier alpha value is -3.97. The lowest BCUT2D eigenvalue weighted by Crippen LogP contribution is -2.64. The van der Waals surface area contributed by atoms with Crippen molar-refractivity contribution in [2.45, 2.75) is 75.7 Å². The zero-order valence-corrected chi connectivity index (χ0v) is 23.8. The van der Waals surface area contributed by atoms with Crippen LogP contribution in [0.15, 0.2) is 10.1 Å². The monoisotopic (exact) mass is 593 g/mol. The van der Waals surface area contributed by atoms with Crippen molar-refractivity contribution in [2.75, 3.05) is 19.6 Å². The maximum Gasteiger partial charge on any atom is 0.246 e. The molecule has 2 bridgehead atoms. The maximum absolute atomic E-state index is 13.8. The number of piperidine rings is 1. The minimum atomic E-state index is -1.31. The maximum atomic E-state index is 13.8. The lowest BCUT2D eigenvalue weighted by Gasteiger charge is -2.42. The van der Waals surface area contributed by atoms with Gasteiger partial charge in [0.05, 0.1) is 6.54 Å². The van der Waals surface area contributed by atoms with Crippen LogP contribution in [0, 0.1) is 5.92 Å². The number of hydrogen-bond donors (Lipinski definition) is 6. The first-order valence-electron chi connectivity index (χ1n) is 13.3. The van der Waals surface area contributed by atoms with Gasteiger partial charge in [0.25, 0.3) is 0 Å². The van der Waals surface area contributed by atoms with E-state index in [0.29, 0.717) is 25.7 Å². The van der Waals surface area contributed by atoms with Gasteiger partial charge in [-0.1, -0.05) is 5.11 Å². The Morgan fingerprint density at radius 1 is 1.12 bits per heavy atom. The Morgan fingerprint density at radius 2 is 1.88 bits per heavy atom. The fourth-order valence-corrected chi connectivity index (χ4v) is 5.51. The van der Waals surface area contributed by atoms with Crippen LogP contribution in [0.1, 0.15) is 45.4 Å². The summed E-state index contributed by atoms with van der Waals surface area (Å²) >= 11 is 0. The first-order chi connectivity index (χ1) is 19.5. The molecule has 17 nitrogen and oxygen atoms in total. The van der Waals surface area contributed by atoms with Gasteiger partial charge in [-0.15, -0.1) is 0 Å². The van der Waals surface area contributed by atoms with Gasteiger partial charge in [0, 0.05) is 30.5 Å². The summed E-state index contributed by atoms with van der Waals surface area (Å²) in [6.45, 7) is 0.922. The van der Waals surface area contributed by atoms with Crippen molar-refractivity contribution in [3.8, 4) is 0 Å². The van der Waals surface area contributed by atoms with Crippen molar-refractivity contribution in [1.82, 2.24) is 31.3 Å². The predicted octanol–water partition coefficient (Wildman–Crippen LogP) is -2.29. The Balaban J connectivity index is 1.93. The third-order valence-corrected chi connectivity index (χ3v) is 7.63. The Kier molecular flexibility index (Phi) is 11.2. The molecule has 5 amide bonds. The summed E-state index contributed by atoms with van der Waals surface area (Å²) in [6, 6.07) is -4.74. The van der Waals surface area contributed by atoms with Crippen molar-refractivity contribution in [2.24, 2.45) is 21.8 Å². The standard InChI is InChI=1S/C23H36N11O6P/c1-11(35)7-15-20(38)31-18-12(9-28-33-25)8-13-4-5-16(34(13)22(18)40)21(39)30-14(3-2-6-26-23(24)32-41)19(37)27-10-17(36)29-15/h12-16,18H,2-10,41H2,1H3,(H,27,37)(H,29,36)(H,30,39)(H,31,38)(H3,24,26,32)/t12-,13-,14-,15-,16-,18+/m0/s1. The van der Waals surface area contributed by atoms with Crippen molar-refractivity contribution < 1.29 is 28.8 Å². The Bertz CT molecular complexity index is 1140. The molecule has 0 radical (unpaired) electrons. The van der Waals surface area contributed by atoms with Crippen molar-refractivity contribution >= 4 is 50.7 Å². The van der Waals surface area contributed by atoms with Crippen LogP contribution in [0.2, 0.25) is 0 Å². The average molecular weight is 594 g/mol. The summed E-state index contributed by atoms with van der Waals surface area (Å²) in [6.07, 6.45) is 1.39. The van der Waals surface area contributed by atoms with E-state index < -0.39 is 66.2 Å². The number of ketones is 1. The van der Waals surface area contributed by atoms with Crippen molar-refractivity contribution in [3.05, 3.63) is 10.4 Å². The molecule has 0 aromatic carbocycles. The van der Waals surface area contributed by atoms with Gasteiger partial charge in [0.15, 0.2) is 5.96 Å². The number of nitrogens with two attached hydrogens (primary N) is 1. The van der Waals surface area contributed by atoms with E-state index in [-0.39, 0.29) is 43.7 Å². The van der Waals surface area contributed by atoms with Gasteiger partial charge in [0.1, 0.15) is 30.0 Å². The minimum Gasteiger partial charge on any atom is -0.370 e. The van der Waals surface area contributed by atoms with Crippen LogP contribution in [-0.2, 0) is 28.8 Å². The highest BCUT2D eigenvalue weighted by Gasteiger charge is 2.50. The predicted molar refractivity (Wildman–Crippen MR) is 148 cm³/mol. The highest BCUT2D eigenvalue weighted by atomic mass is 31.0. The second-order valence-electron chi connectivity index (χ2n) is 10.2. The van der Waals surface area contributed by atoms with E-state index in [0.717, 1.165) is 0 Å². The molecule has 3 saturated heterocycles. The molecule has 3 aliphatic heterocycles. The number of aliphatic imine (C=N–C) groups is 1. The molecule has 0 aromatic rings. The van der Waals surface area contributed by atoms with Crippen molar-refractivity contribution in [3.63, 3.8) is 0 Å². The van der Waals surface area contributed by atoms with E-state index in [1.54, 1.807) is 0 Å². The summed E-state index contributed by atoms with van der Waals surface area (Å²) in [5.74, 6) is -4.01. The third-order valence-electron chi connectivity index (χ3n) is 7.33. The van der Waals surface area contributed by atoms with Gasteiger partial charge in [-0.25, -0.2) is 0 Å². The Morgan fingerprint density at radius 3 is 2.56 bits per heavy atom. The van der Waals surface area contributed by atoms with Crippen LogP contribution >= 0.6 is 9.39 Å². The summed E-state index contributed by atoms with van der Waals surface area (Å²) in [5.41, 5.74) is 14.5. The molecular formula is C23H36N11O6P. The van der Waals surface area contributed by atoms with Crippen LogP contribution in [0.25, 0.3) is 10.4 Å². The highest BCUT2D eigenvalue weighted by Crippen LogP contribution is 2.36. The first-order valence-corrected chi connectivity index (χ1v) is 13.9. The molecule has 7 N–H and O–H groups in total. The summed E-state index contributed by atoms with van der Waals surface area (Å²) in [7, 11) is 2.21. The van der Waals surface area contributed by atoms with Crippen LogP contribution in [0.4, 0.5) is 0 Å². The number of nitrogens with zero attached hydrogens (tertiary/aromatic N) is 5. The summed E-state index contributed by atoms with van der Waals surface area (Å²) in [5, 5.41) is 16.5. The second kappa shape index (κ2) is 14.6. The molecule has 3 aliphatic rings. The molecule has 0 aromatic heterocycles. The van der Waals surface area contributed by atoms with Gasteiger partial charge in [-0.2, -0.15) is 0 Å². The number of hydrogen-bond acceptors (Lipinski definition) is 8. The quantitative estimate of drug-likeness (QED) is 0.0339. The lowest BCUT2D eigenvalue weighted by atomic mass is 9.86. The third kappa shape index (κ3) is 8.27. The molecular weight excluding hydrogens is 557 g/mol.